The molecule has 4 atom stereocenters. The molecule has 4 saturated carbocycles. The lowest BCUT2D eigenvalue weighted by atomic mass is 9.44. The topological polar surface area (TPSA) is 47.2 Å². The lowest BCUT2D eigenvalue weighted by Gasteiger charge is -2.59. The number of rotatable bonds is 7. The SMILES string of the molecule is Cc1c(CCOC(=O)C23C[C@@H]4C[C@@H](CC(C)(C4)C2)C3)sc[n+]1CC(=O)c1ccccc1. The molecule has 164 valence electrons. The van der Waals surface area contributed by atoms with Crippen molar-refractivity contribution in [1.29, 1.82) is 0 Å². The predicted octanol–water partition coefficient (Wildman–Crippen LogP) is 4.92. The van der Waals surface area contributed by atoms with Gasteiger partial charge in [0.25, 0.3) is 0 Å². The maximum absolute atomic E-state index is 13.2. The molecule has 0 N–H and O–H groups in total. The van der Waals surface area contributed by atoms with Gasteiger partial charge in [-0.1, -0.05) is 48.6 Å². The number of benzene rings is 1. The normalized spacial score (nSPS) is 31.0. The summed E-state index contributed by atoms with van der Waals surface area (Å²) < 4.78 is 7.89. The van der Waals surface area contributed by atoms with E-state index in [1.54, 1.807) is 11.3 Å². The number of esters is 1. The van der Waals surface area contributed by atoms with Gasteiger partial charge in [-0.25, -0.2) is 0 Å². The molecule has 2 unspecified atom stereocenters. The third kappa shape index (κ3) is 3.97. The maximum Gasteiger partial charge on any atom is 0.312 e. The summed E-state index contributed by atoms with van der Waals surface area (Å²) >= 11 is 1.64. The highest BCUT2D eigenvalue weighted by Gasteiger charge is 2.59. The van der Waals surface area contributed by atoms with Gasteiger partial charge in [-0.3, -0.25) is 9.59 Å². The Kier molecular flexibility index (Phi) is 5.28. The molecule has 4 bridgehead atoms. The monoisotopic (exact) mass is 438 g/mol. The van der Waals surface area contributed by atoms with Gasteiger partial charge in [0, 0.05) is 18.9 Å². The van der Waals surface area contributed by atoms with Crippen LogP contribution < -0.4 is 4.57 Å². The number of carbonyl (C=O) groups excluding carboxylic acids is 2. The smallest absolute Gasteiger partial charge is 0.312 e. The van der Waals surface area contributed by atoms with Crippen molar-refractivity contribution in [1.82, 2.24) is 0 Å². The van der Waals surface area contributed by atoms with E-state index in [0.29, 0.717) is 18.6 Å². The first kappa shape index (κ1) is 20.9. The molecule has 4 aliphatic carbocycles. The molecule has 2 aromatic rings. The van der Waals surface area contributed by atoms with Crippen LogP contribution in [0.5, 0.6) is 0 Å². The zero-order valence-corrected chi connectivity index (χ0v) is 19.4. The number of nitrogens with zero attached hydrogens (tertiary/aromatic N) is 1. The molecule has 1 aromatic carbocycles. The number of carbonyl (C=O) groups is 2. The van der Waals surface area contributed by atoms with Crippen molar-refractivity contribution in [3.05, 3.63) is 52.0 Å². The zero-order chi connectivity index (χ0) is 21.6. The summed E-state index contributed by atoms with van der Waals surface area (Å²) in [6, 6.07) is 9.42. The lowest BCUT2D eigenvalue weighted by Crippen LogP contribution is -2.54. The number of hydrogen-bond acceptors (Lipinski definition) is 4. The molecule has 1 heterocycles. The number of ether oxygens (including phenoxy) is 1. The Bertz CT molecular complexity index is 981. The Morgan fingerprint density at radius 3 is 2.52 bits per heavy atom. The van der Waals surface area contributed by atoms with Crippen LogP contribution in [0.1, 0.15) is 66.4 Å². The van der Waals surface area contributed by atoms with Crippen LogP contribution in [0.4, 0.5) is 0 Å². The van der Waals surface area contributed by atoms with Crippen molar-refractivity contribution in [2.24, 2.45) is 22.7 Å². The average molecular weight is 439 g/mol. The highest BCUT2D eigenvalue weighted by molar-refractivity contribution is 7.09. The third-order valence-corrected chi connectivity index (χ3v) is 9.06. The molecule has 1 aromatic heterocycles. The molecule has 0 saturated heterocycles. The molecular weight excluding hydrogens is 406 g/mol. The first-order valence-electron chi connectivity index (χ1n) is 11.6. The van der Waals surface area contributed by atoms with E-state index in [-0.39, 0.29) is 17.2 Å². The fourth-order valence-corrected chi connectivity index (χ4v) is 8.04. The van der Waals surface area contributed by atoms with Crippen molar-refractivity contribution in [2.45, 2.75) is 65.3 Å². The molecular formula is C26H32NO3S+. The Balaban J connectivity index is 1.18. The maximum atomic E-state index is 13.2. The van der Waals surface area contributed by atoms with Crippen LogP contribution in [0.15, 0.2) is 35.8 Å². The summed E-state index contributed by atoms with van der Waals surface area (Å²) in [5, 5.41) is 0. The van der Waals surface area contributed by atoms with Crippen LogP contribution >= 0.6 is 11.3 Å². The van der Waals surface area contributed by atoms with Gasteiger partial charge in [-0.05, 0) is 55.8 Å². The Morgan fingerprint density at radius 1 is 1.13 bits per heavy atom. The fraction of sp³-hybridized carbons (Fsp3) is 0.577. The summed E-state index contributed by atoms with van der Waals surface area (Å²) in [7, 11) is 0. The zero-order valence-electron chi connectivity index (χ0n) is 18.6. The first-order valence-corrected chi connectivity index (χ1v) is 12.5. The van der Waals surface area contributed by atoms with Crippen molar-refractivity contribution in [3.63, 3.8) is 0 Å². The lowest BCUT2D eigenvalue weighted by molar-refractivity contribution is -0.684. The number of aromatic nitrogens is 1. The second-order valence-electron chi connectivity index (χ2n) is 10.6. The molecule has 0 aliphatic heterocycles. The molecule has 5 heteroatoms. The predicted molar refractivity (Wildman–Crippen MR) is 120 cm³/mol. The number of Topliss-reactive ketones (excluding diaryl/α,β-unsaturated/α-hetero) is 1. The van der Waals surface area contributed by atoms with Crippen molar-refractivity contribution < 1.29 is 18.9 Å². The molecule has 4 nitrogen and oxygen atoms in total. The molecule has 0 spiro atoms. The van der Waals surface area contributed by atoms with E-state index in [4.69, 9.17) is 4.74 Å². The van der Waals surface area contributed by atoms with E-state index in [2.05, 4.69) is 6.92 Å². The summed E-state index contributed by atoms with van der Waals surface area (Å²) in [6.45, 7) is 5.21. The standard InChI is InChI=1S/C26H32NO3S/c1-18-23(31-17-27(18)15-22(28)21-6-4-3-5-7-21)8-9-30-24(29)26-13-19-10-20(14-26)12-25(2,11-19)16-26/h3-7,17,19-20H,8-16H2,1-2H3/q+1/t19-,20+,25?,26?. The third-order valence-electron chi connectivity index (χ3n) is 7.92. The summed E-state index contributed by atoms with van der Waals surface area (Å²) in [5.41, 5.74) is 3.97. The van der Waals surface area contributed by atoms with Crippen molar-refractivity contribution in [3.8, 4) is 0 Å². The quantitative estimate of drug-likeness (QED) is 0.350. The molecule has 6 rings (SSSR count). The summed E-state index contributed by atoms with van der Waals surface area (Å²) in [5.74, 6) is 1.60. The highest BCUT2D eigenvalue weighted by Crippen LogP contribution is 2.65. The van der Waals surface area contributed by atoms with E-state index < -0.39 is 0 Å². The van der Waals surface area contributed by atoms with E-state index in [0.717, 1.165) is 48.8 Å². The average Bonchev–Trinajstić information content (AvgIpc) is 3.06. The largest absolute Gasteiger partial charge is 0.465 e. The van der Waals surface area contributed by atoms with Gasteiger partial charge >= 0.3 is 5.97 Å². The molecule has 4 fully saturated rings. The van der Waals surface area contributed by atoms with E-state index in [1.807, 2.05) is 47.3 Å². The van der Waals surface area contributed by atoms with Gasteiger partial charge in [0.2, 0.25) is 17.8 Å². The number of thiazole rings is 1. The Labute approximate surface area is 188 Å². The van der Waals surface area contributed by atoms with Crippen LogP contribution in [0.25, 0.3) is 0 Å². The van der Waals surface area contributed by atoms with Gasteiger partial charge in [-0.2, -0.15) is 4.57 Å². The van der Waals surface area contributed by atoms with Gasteiger partial charge in [0.05, 0.1) is 16.9 Å². The van der Waals surface area contributed by atoms with E-state index in [9.17, 15) is 9.59 Å². The van der Waals surface area contributed by atoms with Crippen LogP contribution in [-0.4, -0.2) is 18.4 Å². The Morgan fingerprint density at radius 2 is 1.84 bits per heavy atom. The van der Waals surface area contributed by atoms with Gasteiger partial charge in [0.15, 0.2) is 5.69 Å². The van der Waals surface area contributed by atoms with Crippen LogP contribution in [0, 0.1) is 29.6 Å². The van der Waals surface area contributed by atoms with Crippen LogP contribution in [0.2, 0.25) is 0 Å². The van der Waals surface area contributed by atoms with Gasteiger partial charge in [-0.15, -0.1) is 0 Å². The summed E-state index contributed by atoms with van der Waals surface area (Å²) in [4.78, 5) is 26.9. The molecule has 0 amide bonds. The highest BCUT2D eigenvalue weighted by atomic mass is 32.1. The van der Waals surface area contributed by atoms with E-state index >= 15 is 0 Å². The first-order chi connectivity index (χ1) is 14.9. The second-order valence-corrected chi connectivity index (χ2v) is 11.5. The number of hydrogen-bond donors (Lipinski definition) is 0. The minimum absolute atomic E-state index is 0.0502. The van der Waals surface area contributed by atoms with Crippen LogP contribution in [-0.2, 0) is 22.5 Å². The molecule has 0 radical (unpaired) electrons. The Hall–Kier alpha value is -2.01. The van der Waals surface area contributed by atoms with Gasteiger partial charge in [0.1, 0.15) is 0 Å². The van der Waals surface area contributed by atoms with Crippen LogP contribution in [0.3, 0.4) is 0 Å². The van der Waals surface area contributed by atoms with Crippen molar-refractivity contribution >= 4 is 23.1 Å². The minimum Gasteiger partial charge on any atom is -0.465 e. The minimum atomic E-state index is -0.217. The number of ketones is 1. The second kappa shape index (κ2) is 7.84. The van der Waals surface area contributed by atoms with E-state index in [1.165, 1.54) is 24.1 Å². The fourth-order valence-electron chi connectivity index (χ4n) is 7.07. The van der Waals surface area contributed by atoms with Crippen molar-refractivity contribution in [2.75, 3.05) is 6.61 Å². The molecule has 31 heavy (non-hydrogen) atoms. The van der Waals surface area contributed by atoms with Gasteiger partial charge < -0.3 is 4.74 Å². The summed E-state index contributed by atoms with van der Waals surface area (Å²) in [6.07, 6.45) is 7.74. The molecule has 4 aliphatic rings.